The van der Waals surface area contributed by atoms with Gasteiger partial charge in [0.1, 0.15) is 24.0 Å². The van der Waals surface area contributed by atoms with E-state index in [-0.39, 0.29) is 22.7 Å². The van der Waals surface area contributed by atoms with Crippen LogP contribution in [-0.4, -0.2) is 0 Å². The van der Waals surface area contributed by atoms with Crippen molar-refractivity contribution >= 4 is 27.5 Å². The molecule has 2 aromatic carbocycles. The highest BCUT2D eigenvalue weighted by atomic mass is 79.9. The van der Waals surface area contributed by atoms with Crippen LogP contribution in [0.4, 0.5) is 8.78 Å². The van der Waals surface area contributed by atoms with Crippen LogP contribution >= 0.6 is 27.5 Å². The van der Waals surface area contributed by atoms with Crippen LogP contribution in [0.1, 0.15) is 24.1 Å². The number of rotatable bonds is 4. The molecule has 2 N–H and O–H groups in total. The van der Waals surface area contributed by atoms with Gasteiger partial charge in [0.05, 0.1) is 10.0 Å². The van der Waals surface area contributed by atoms with Gasteiger partial charge in [0.2, 0.25) is 0 Å². The van der Waals surface area contributed by atoms with Crippen molar-refractivity contribution in [2.45, 2.75) is 19.6 Å². The van der Waals surface area contributed by atoms with Gasteiger partial charge in [0.15, 0.2) is 0 Å². The third-order valence-corrected chi connectivity index (χ3v) is 3.82. The summed E-state index contributed by atoms with van der Waals surface area (Å²) in [5.41, 5.74) is 6.38. The molecule has 0 saturated heterocycles. The largest absolute Gasteiger partial charge is 0.488 e. The van der Waals surface area contributed by atoms with Crippen molar-refractivity contribution in [2.75, 3.05) is 0 Å². The number of hydrogen-bond donors (Lipinski definition) is 1. The molecule has 2 nitrogen and oxygen atoms in total. The number of nitrogens with two attached hydrogens (primary N) is 1. The normalized spacial score (nSPS) is 12.3. The van der Waals surface area contributed by atoms with Crippen LogP contribution in [0.5, 0.6) is 5.75 Å². The van der Waals surface area contributed by atoms with Crippen LogP contribution in [0.2, 0.25) is 5.02 Å². The van der Waals surface area contributed by atoms with Gasteiger partial charge >= 0.3 is 0 Å². The van der Waals surface area contributed by atoms with E-state index in [1.807, 2.05) is 0 Å². The number of halogens is 4. The zero-order chi connectivity index (χ0) is 15.6. The minimum absolute atomic E-state index is 0.144. The molecule has 0 spiro atoms. The van der Waals surface area contributed by atoms with Crippen LogP contribution < -0.4 is 10.5 Å². The summed E-state index contributed by atoms with van der Waals surface area (Å²) in [6.07, 6.45) is 0. The molecule has 1 atom stereocenters. The van der Waals surface area contributed by atoms with E-state index in [4.69, 9.17) is 22.1 Å². The first-order chi connectivity index (χ1) is 9.90. The van der Waals surface area contributed by atoms with Gasteiger partial charge in [-0.2, -0.15) is 0 Å². The lowest BCUT2D eigenvalue weighted by atomic mass is 10.1. The molecule has 0 aliphatic heterocycles. The SMILES string of the molecule is CC(N)c1cc(Cl)ccc1OCc1c(F)ccc(Br)c1F. The van der Waals surface area contributed by atoms with Crippen molar-refractivity contribution in [1.29, 1.82) is 0 Å². The molecule has 1 unspecified atom stereocenters. The fourth-order valence-corrected chi connectivity index (χ4v) is 2.41. The monoisotopic (exact) mass is 375 g/mol. The second kappa shape index (κ2) is 6.73. The summed E-state index contributed by atoms with van der Waals surface area (Å²) < 4.78 is 33.2. The van der Waals surface area contributed by atoms with E-state index in [2.05, 4.69) is 15.9 Å². The van der Waals surface area contributed by atoms with Crippen molar-refractivity contribution in [3.63, 3.8) is 0 Å². The molecule has 2 aromatic rings. The fourth-order valence-electron chi connectivity index (χ4n) is 1.86. The lowest BCUT2D eigenvalue weighted by Crippen LogP contribution is -2.09. The van der Waals surface area contributed by atoms with Crippen molar-refractivity contribution in [3.05, 3.63) is 62.6 Å². The molecule has 6 heteroatoms. The van der Waals surface area contributed by atoms with Crippen LogP contribution in [0.25, 0.3) is 0 Å². The average molecular weight is 377 g/mol. The second-order valence-corrected chi connectivity index (χ2v) is 5.87. The van der Waals surface area contributed by atoms with E-state index in [0.29, 0.717) is 16.3 Å². The summed E-state index contributed by atoms with van der Waals surface area (Å²) in [5.74, 6) is -0.883. The van der Waals surface area contributed by atoms with Gasteiger partial charge in [-0.15, -0.1) is 0 Å². The Bertz CT molecular complexity index is 664. The van der Waals surface area contributed by atoms with Crippen molar-refractivity contribution in [2.24, 2.45) is 5.73 Å². The first kappa shape index (κ1) is 16.2. The summed E-state index contributed by atoms with van der Waals surface area (Å²) in [6.45, 7) is 1.54. The predicted molar refractivity (Wildman–Crippen MR) is 82.4 cm³/mol. The summed E-state index contributed by atoms with van der Waals surface area (Å²) in [7, 11) is 0. The van der Waals surface area contributed by atoms with Gasteiger partial charge < -0.3 is 10.5 Å². The van der Waals surface area contributed by atoms with Crippen molar-refractivity contribution < 1.29 is 13.5 Å². The highest BCUT2D eigenvalue weighted by molar-refractivity contribution is 9.10. The molecule has 0 radical (unpaired) electrons. The average Bonchev–Trinajstić information content (AvgIpc) is 2.44. The second-order valence-electron chi connectivity index (χ2n) is 4.58. The highest BCUT2D eigenvalue weighted by Gasteiger charge is 2.15. The molecule has 0 aliphatic rings. The number of benzene rings is 2. The standard InChI is InChI=1S/C15H13BrClF2NO/c1-8(20)10-6-9(17)2-5-14(10)21-7-11-13(18)4-3-12(16)15(11)19/h2-6,8H,7,20H2,1H3. The summed E-state index contributed by atoms with van der Waals surface area (Å²) in [5, 5.41) is 0.523. The summed E-state index contributed by atoms with van der Waals surface area (Å²) >= 11 is 8.93. The summed E-state index contributed by atoms with van der Waals surface area (Å²) in [6, 6.07) is 7.13. The first-order valence-electron chi connectivity index (χ1n) is 6.20. The summed E-state index contributed by atoms with van der Waals surface area (Å²) in [4.78, 5) is 0. The molecular formula is C15H13BrClF2NO. The smallest absolute Gasteiger partial charge is 0.146 e. The molecule has 2 rings (SSSR count). The van der Waals surface area contributed by atoms with Crippen LogP contribution in [0.15, 0.2) is 34.8 Å². The van der Waals surface area contributed by atoms with Gasteiger partial charge in [0.25, 0.3) is 0 Å². The van der Waals surface area contributed by atoms with Crippen LogP contribution in [0, 0.1) is 11.6 Å². The number of hydrogen-bond acceptors (Lipinski definition) is 2. The predicted octanol–water partition coefficient (Wildman–Crippen LogP) is 4.98. The van der Waals surface area contributed by atoms with E-state index in [1.54, 1.807) is 25.1 Å². The van der Waals surface area contributed by atoms with E-state index < -0.39 is 11.6 Å². The Morgan fingerprint density at radius 1 is 1.29 bits per heavy atom. The molecule has 0 fully saturated rings. The zero-order valence-corrected chi connectivity index (χ0v) is 13.5. The van der Waals surface area contributed by atoms with E-state index in [9.17, 15) is 8.78 Å². The van der Waals surface area contributed by atoms with Gasteiger partial charge in [0, 0.05) is 16.6 Å². The lowest BCUT2D eigenvalue weighted by molar-refractivity contribution is 0.288. The molecule has 0 heterocycles. The Morgan fingerprint density at radius 2 is 2.00 bits per heavy atom. The molecule has 0 aliphatic carbocycles. The minimum Gasteiger partial charge on any atom is -0.488 e. The fraction of sp³-hybridized carbons (Fsp3) is 0.200. The topological polar surface area (TPSA) is 35.2 Å². The van der Waals surface area contributed by atoms with Gasteiger partial charge in [-0.25, -0.2) is 8.78 Å². The third kappa shape index (κ3) is 3.73. The Hall–Kier alpha value is -1.17. The number of ether oxygens (including phenoxy) is 1. The third-order valence-electron chi connectivity index (χ3n) is 2.97. The molecule has 21 heavy (non-hydrogen) atoms. The molecule has 112 valence electrons. The first-order valence-corrected chi connectivity index (χ1v) is 7.37. The van der Waals surface area contributed by atoms with E-state index in [0.717, 1.165) is 0 Å². The van der Waals surface area contributed by atoms with E-state index in [1.165, 1.54) is 12.1 Å². The molecule has 0 bridgehead atoms. The molecule has 0 amide bonds. The quantitative estimate of drug-likeness (QED) is 0.764. The Labute approximate surface area is 135 Å². The maximum Gasteiger partial charge on any atom is 0.146 e. The van der Waals surface area contributed by atoms with Crippen molar-refractivity contribution in [1.82, 2.24) is 0 Å². The molecule has 0 saturated carbocycles. The van der Waals surface area contributed by atoms with E-state index >= 15 is 0 Å². The Balaban J connectivity index is 2.27. The van der Waals surface area contributed by atoms with Crippen LogP contribution in [-0.2, 0) is 6.61 Å². The molecule has 0 aromatic heterocycles. The van der Waals surface area contributed by atoms with Gasteiger partial charge in [-0.1, -0.05) is 11.6 Å². The van der Waals surface area contributed by atoms with Crippen LogP contribution in [0.3, 0.4) is 0 Å². The minimum atomic E-state index is -0.675. The Kier molecular flexibility index (Phi) is 5.19. The Morgan fingerprint density at radius 3 is 2.67 bits per heavy atom. The van der Waals surface area contributed by atoms with Crippen molar-refractivity contribution in [3.8, 4) is 5.75 Å². The maximum absolute atomic E-state index is 13.9. The maximum atomic E-state index is 13.9. The lowest BCUT2D eigenvalue weighted by Gasteiger charge is -2.15. The highest BCUT2D eigenvalue weighted by Crippen LogP contribution is 2.29. The zero-order valence-electron chi connectivity index (χ0n) is 11.2. The molecular weight excluding hydrogens is 364 g/mol. The van der Waals surface area contributed by atoms with Gasteiger partial charge in [-0.05, 0) is 53.2 Å². The van der Waals surface area contributed by atoms with Gasteiger partial charge in [-0.3, -0.25) is 0 Å².